The Labute approximate surface area is 131 Å². The van der Waals surface area contributed by atoms with Gasteiger partial charge in [-0.05, 0) is 25.7 Å². The lowest BCUT2D eigenvalue weighted by Gasteiger charge is -2.17. The zero-order valence-electron chi connectivity index (χ0n) is 11.0. The van der Waals surface area contributed by atoms with E-state index in [2.05, 4.69) is 44.4 Å². The molecule has 4 nitrogen and oxygen atoms in total. The van der Waals surface area contributed by atoms with Crippen molar-refractivity contribution in [3.05, 3.63) is 35.4 Å². The summed E-state index contributed by atoms with van der Waals surface area (Å²) in [6.07, 6.45) is 2.14. The zero-order valence-corrected chi connectivity index (χ0v) is 14.3. The van der Waals surface area contributed by atoms with Crippen LogP contribution < -0.4 is 18.6 Å². The molecule has 0 N–H and O–H groups in total. The molecule has 0 aliphatic rings. The molecule has 0 atom stereocenters. The number of halogens is 1. The predicted octanol–water partition coefficient (Wildman–Crippen LogP) is 0.340. The first-order chi connectivity index (χ1) is 9.22. The van der Waals surface area contributed by atoms with E-state index in [4.69, 9.17) is 18.6 Å². The minimum absolute atomic E-state index is 1.32. The van der Waals surface area contributed by atoms with Crippen LogP contribution in [0.2, 0.25) is 0 Å². The maximum absolute atomic E-state index is 8.49. The predicted molar refractivity (Wildman–Crippen MR) is 73.3 cm³/mol. The second-order valence-electron chi connectivity index (χ2n) is 3.86. The quantitative estimate of drug-likeness (QED) is 0.441. The van der Waals surface area contributed by atoms with Crippen molar-refractivity contribution in [1.82, 2.24) is 0 Å². The van der Waals surface area contributed by atoms with Gasteiger partial charge in [-0.25, -0.2) is 18.6 Å². The lowest BCUT2D eigenvalue weighted by atomic mass is 10.1. The highest BCUT2D eigenvalue weighted by Crippen LogP contribution is 2.40. The third kappa shape index (κ3) is 6.02. The highest BCUT2D eigenvalue weighted by atomic mass is 35.7. The molecule has 0 radical (unpaired) electrons. The average Bonchev–Trinajstić information content (AvgIpc) is 2.69. The number of benzene rings is 1. The molecule has 2 rings (SSSR count). The summed E-state index contributed by atoms with van der Waals surface area (Å²) in [7, 11) is -1.18. The summed E-state index contributed by atoms with van der Waals surface area (Å²) in [6, 6.07) is 8.78. The van der Waals surface area contributed by atoms with Crippen LogP contribution in [0.25, 0.3) is 10.4 Å². The van der Waals surface area contributed by atoms with Crippen molar-refractivity contribution in [3.63, 3.8) is 0 Å². The van der Waals surface area contributed by atoms with Crippen molar-refractivity contribution < 1.29 is 28.9 Å². The smallest absolute Gasteiger partial charge is 0.222 e. The van der Waals surface area contributed by atoms with Crippen LogP contribution in [-0.4, -0.2) is 6.26 Å². The molecule has 0 unspecified atom stereocenters. The molecule has 0 aliphatic heterocycles. The molecule has 0 saturated carbocycles. The first kappa shape index (κ1) is 17.8. The molecule has 0 spiro atoms. The highest BCUT2D eigenvalue weighted by Gasteiger charge is 2.20. The van der Waals surface area contributed by atoms with Crippen molar-refractivity contribution in [3.8, 4) is 10.4 Å². The number of hydrogen-bond acceptors (Lipinski definition) is 6. The van der Waals surface area contributed by atoms with Gasteiger partial charge in [0.05, 0.1) is 0 Å². The van der Waals surface area contributed by atoms with Crippen LogP contribution in [0.4, 0.5) is 0 Å². The van der Waals surface area contributed by atoms with Crippen molar-refractivity contribution >= 4 is 32.4 Å². The molecule has 1 aromatic carbocycles. The van der Waals surface area contributed by atoms with Crippen molar-refractivity contribution in [2.24, 2.45) is 0 Å². The minimum atomic E-state index is -4.94. The van der Waals surface area contributed by atoms with Gasteiger partial charge in [0, 0.05) is 5.56 Å². The Hall–Kier alpha value is -0.250. The number of aryl methyl sites for hydroxylation is 1. The zero-order chi connectivity index (χ0) is 15.3. The normalized spacial score (nSPS) is 10.9. The second kappa shape index (κ2) is 7.67. The van der Waals surface area contributed by atoms with Crippen LogP contribution in [0.3, 0.4) is 0 Å². The third-order valence-corrected chi connectivity index (χ3v) is 6.59. The van der Waals surface area contributed by atoms with Crippen LogP contribution >= 0.6 is 32.4 Å². The van der Waals surface area contributed by atoms with E-state index in [0.29, 0.717) is 0 Å². The van der Waals surface area contributed by atoms with Gasteiger partial charge in [-0.1, -0.05) is 41.6 Å². The van der Waals surface area contributed by atoms with E-state index < -0.39 is 10.2 Å². The Morgan fingerprint density at radius 3 is 1.95 bits per heavy atom. The molecule has 0 amide bonds. The standard InChI is InChI=1S/C12H13S3.ClHO4/c1-8-4-6-10(7-5-8)11-9(2)12(13-3)15-14-11;2-1(3,4)5/h4-7H,1-3H3;(H,2,3,4,5)/q+1;/p-1. The summed E-state index contributed by atoms with van der Waals surface area (Å²) in [5, 5.41) is 0. The maximum Gasteiger partial charge on any atom is 0.308 e. The Bertz CT molecular complexity index is 543. The minimum Gasteiger partial charge on any atom is -0.222 e. The van der Waals surface area contributed by atoms with E-state index in [-0.39, 0.29) is 0 Å². The van der Waals surface area contributed by atoms with Gasteiger partial charge in [0.25, 0.3) is 4.21 Å². The fourth-order valence-electron chi connectivity index (χ4n) is 1.45. The molecule has 0 fully saturated rings. The lowest BCUT2D eigenvalue weighted by molar-refractivity contribution is -2.00. The maximum atomic E-state index is 8.49. The lowest BCUT2D eigenvalue weighted by Crippen LogP contribution is -2.68. The Morgan fingerprint density at radius 1 is 1.05 bits per heavy atom. The molecule has 110 valence electrons. The van der Waals surface area contributed by atoms with Crippen LogP contribution in [0.5, 0.6) is 0 Å². The molecule has 1 aromatic heterocycles. The van der Waals surface area contributed by atoms with Gasteiger partial charge in [0.2, 0.25) is 0 Å². The van der Waals surface area contributed by atoms with Crippen LogP contribution in [0, 0.1) is 24.1 Å². The first-order valence-corrected chi connectivity index (χ1v) is 9.98. The SMILES string of the molecule is CSc1[s+]sc(-c2ccc(C)cc2)c1C.[O-][Cl+3]([O-])([O-])[O-]. The van der Waals surface area contributed by atoms with Gasteiger partial charge in [0.15, 0.2) is 10.3 Å². The van der Waals surface area contributed by atoms with E-state index in [0.717, 1.165) is 0 Å². The third-order valence-electron chi connectivity index (χ3n) is 2.35. The summed E-state index contributed by atoms with van der Waals surface area (Å²) in [5.74, 6) is 0. The summed E-state index contributed by atoms with van der Waals surface area (Å²) < 4.78 is 35.4. The Kier molecular flexibility index (Phi) is 6.83. The van der Waals surface area contributed by atoms with Gasteiger partial charge in [0.1, 0.15) is 4.88 Å². The monoisotopic (exact) mass is 352 g/mol. The number of hydrogen-bond donors (Lipinski definition) is 0. The van der Waals surface area contributed by atoms with Crippen molar-refractivity contribution in [2.45, 2.75) is 18.1 Å². The van der Waals surface area contributed by atoms with Gasteiger partial charge in [-0.2, -0.15) is 0 Å². The van der Waals surface area contributed by atoms with Gasteiger partial charge in [-0.3, -0.25) is 0 Å². The van der Waals surface area contributed by atoms with Crippen LogP contribution in [0.15, 0.2) is 28.5 Å². The van der Waals surface area contributed by atoms with Crippen LogP contribution in [-0.2, 0) is 0 Å². The van der Waals surface area contributed by atoms with E-state index in [9.17, 15) is 0 Å². The molecule has 0 bridgehead atoms. The summed E-state index contributed by atoms with van der Waals surface area (Å²) in [6.45, 7) is 4.34. The van der Waals surface area contributed by atoms with E-state index >= 15 is 0 Å². The molecule has 20 heavy (non-hydrogen) atoms. The fourth-order valence-corrected chi connectivity index (χ4v) is 5.54. The Balaban J connectivity index is 0.000000347. The molecule has 1 heterocycles. The molecule has 2 aromatic rings. The largest absolute Gasteiger partial charge is 0.308 e. The number of thioether (sulfide) groups is 1. The molecule has 8 heteroatoms. The first-order valence-electron chi connectivity index (χ1n) is 5.38. The van der Waals surface area contributed by atoms with E-state index in [1.54, 1.807) is 0 Å². The molecule has 0 saturated heterocycles. The second-order valence-corrected chi connectivity index (χ2v) is 7.84. The van der Waals surface area contributed by atoms with Gasteiger partial charge >= 0.3 is 10.3 Å². The fraction of sp³-hybridized carbons (Fsp3) is 0.250. The van der Waals surface area contributed by atoms with Crippen LogP contribution in [0.1, 0.15) is 11.1 Å². The van der Waals surface area contributed by atoms with Gasteiger partial charge in [-0.15, -0.1) is 10.2 Å². The molecular weight excluding hydrogens is 340 g/mol. The summed E-state index contributed by atoms with van der Waals surface area (Å²) >= 11 is 1.84. The molecule has 0 aliphatic carbocycles. The highest BCUT2D eigenvalue weighted by molar-refractivity contribution is 8.02. The Morgan fingerprint density at radius 2 is 1.55 bits per heavy atom. The summed E-state index contributed by atoms with van der Waals surface area (Å²) in [5.41, 5.74) is 4.10. The topological polar surface area (TPSA) is 92.2 Å². The van der Waals surface area contributed by atoms with E-state index in [1.165, 1.54) is 25.8 Å². The van der Waals surface area contributed by atoms with Crippen molar-refractivity contribution in [1.29, 1.82) is 0 Å². The average molecular weight is 353 g/mol. The summed E-state index contributed by atoms with van der Waals surface area (Å²) in [4.78, 5) is 1.42. The number of rotatable bonds is 2. The van der Waals surface area contributed by atoms with Gasteiger partial charge < -0.3 is 0 Å². The van der Waals surface area contributed by atoms with E-state index in [1.807, 2.05) is 32.4 Å². The van der Waals surface area contributed by atoms with Crippen molar-refractivity contribution in [2.75, 3.05) is 6.26 Å². The molecular formula is C12H13ClO4S3.